The van der Waals surface area contributed by atoms with Crippen LogP contribution in [0.4, 0.5) is 18.9 Å². The summed E-state index contributed by atoms with van der Waals surface area (Å²) in [5.74, 6) is 0. The summed E-state index contributed by atoms with van der Waals surface area (Å²) < 4.78 is 40.4. The maximum Gasteiger partial charge on any atom is 0.417 e. The molecule has 0 aliphatic rings. The summed E-state index contributed by atoms with van der Waals surface area (Å²) in [5, 5.41) is 7.22. The Kier molecular flexibility index (Phi) is 4.61. The number of anilines is 1. The van der Waals surface area contributed by atoms with Gasteiger partial charge in [0.2, 0.25) is 0 Å². The van der Waals surface area contributed by atoms with E-state index in [2.05, 4.69) is 26.3 Å². The standard InChI is InChI=1S/C14H15BrF3N3/c1-3-21-8-10(7-19-21)9(2)20-11-4-5-13(15)12(6-11)14(16,17)18/h4-9,20H,3H2,1-2H3. The Balaban J connectivity index is 2.19. The summed E-state index contributed by atoms with van der Waals surface area (Å²) in [6.07, 6.45) is -0.793. The van der Waals surface area contributed by atoms with E-state index in [4.69, 9.17) is 0 Å². The van der Waals surface area contributed by atoms with Gasteiger partial charge < -0.3 is 5.32 Å². The topological polar surface area (TPSA) is 29.9 Å². The van der Waals surface area contributed by atoms with E-state index in [-0.39, 0.29) is 10.5 Å². The fraction of sp³-hybridized carbons (Fsp3) is 0.357. The predicted octanol–water partition coefficient (Wildman–Crippen LogP) is 4.86. The van der Waals surface area contributed by atoms with Gasteiger partial charge in [-0.25, -0.2) is 0 Å². The average molecular weight is 362 g/mol. The van der Waals surface area contributed by atoms with Gasteiger partial charge in [0, 0.05) is 28.5 Å². The highest BCUT2D eigenvalue weighted by molar-refractivity contribution is 9.10. The SMILES string of the molecule is CCn1cc(C(C)Nc2ccc(Br)c(C(F)(F)F)c2)cn1. The normalized spacial score (nSPS) is 13.2. The quantitative estimate of drug-likeness (QED) is 0.842. The molecule has 1 aromatic carbocycles. The Bertz CT molecular complexity index is 622. The van der Waals surface area contributed by atoms with Crippen LogP contribution < -0.4 is 5.32 Å². The van der Waals surface area contributed by atoms with Gasteiger partial charge in [0.15, 0.2) is 0 Å². The van der Waals surface area contributed by atoms with Crippen LogP contribution in [0.25, 0.3) is 0 Å². The molecule has 1 heterocycles. The number of aryl methyl sites for hydroxylation is 1. The first-order chi connectivity index (χ1) is 9.81. The van der Waals surface area contributed by atoms with Crippen LogP contribution in [0, 0.1) is 0 Å². The second-order valence-corrected chi connectivity index (χ2v) is 5.54. The predicted molar refractivity (Wildman–Crippen MR) is 79.1 cm³/mol. The monoisotopic (exact) mass is 361 g/mol. The maximum atomic E-state index is 12.9. The first-order valence-corrected chi connectivity index (χ1v) is 7.26. The summed E-state index contributed by atoms with van der Waals surface area (Å²) in [6, 6.07) is 3.98. The Morgan fingerprint density at radius 2 is 2.10 bits per heavy atom. The van der Waals surface area contributed by atoms with Crippen LogP contribution in [0.2, 0.25) is 0 Å². The van der Waals surface area contributed by atoms with Crippen LogP contribution >= 0.6 is 15.9 Å². The number of hydrogen-bond acceptors (Lipinski definition) is 2. The summed E-state index contributed by atoms with van der Waals surface area (Å²) in [4.78, 5) is 0. The molecule has 3 nitrogen and oxygen atoms in total. The molecule has 1 atom stereocenters. The van der Waals surface area contributed by atoms with Crippen molar-refractivity contribution in [2.24, 2.45) is 0 Å². The minimum absolute atomic E-state index is 0.0343. The van der Waals surface area contributed by atoms with Crippen LogP contribution in [-0.2, 0) is 12.7 Å². The summed E-state index contributed by atoms with van der Waals surface area (Å²) in [6.45, 7) is 4.61. The van der Waals surface area contributed by atoms with Crippen molar-refractivity contribution in [1.82, 2.24) is 9.78 Å². The number of benzene rings is 1. The molecule has 0 bridgehead atoms. The zero-order valence-electron chi connectivity index (χ0n) is 11.6. The van der Waals surface area contributed by atoms with Gasteiger partial charge in [-0.3, -0.25) is 4.68 Å². The highest BCUT2D eigenvalue weighted by Crippen LogP contribution is 2.36. The molecule has 0 radical (unpaired) electrons. The average Bonchev–Trinajstić information content (AvgIpc) is 2.88. The molecule has 114 valence electrons. The fourth-order valence-electron chi connectivity index (χ4n) is 1.94. The maximum absolute atomic E-state index is 12.9. The van der Waals surface area contributed by atoms with Gasteiger partial charge in [-0.05, 0) is 32.0 Å². The lowest BCUT2D eigenvalue weighted by molar-refractivity contribution is -0.138. The van der Waals surface area contributed by atoms with Crippen LogP contribution in [0.1, 0.15) is 31.0 Å². The minimum Gasteiger partial charge on any atom is -0.378 e. The van der Waals surface area contributed by atoms with Crippen molar-refractivity contribution in [1.29, 1.82) is 0 Å². The second kappa shape index (κ2) is 6.09. The molecule has 0 fully saturated rings. The smallest absolute Gasteiger partial charge is 0.378 e. The zero-order chi connectivity index (χ0) is 15.6. The highest BCUT2D eigenvalue weighted by atomic mass is 79.9. The number of alkyl halides is 3. The summed E-state index contributed by atoms with van der Waals surface area (Å²) in [5.41, 5.74) is 0.652. The second-order valence-electron chi connectivity index (χ2n) is 4.69. The van der Waals surface area contributed by atoms with E-state index in [0.717, 1.165) is 18.2 Å². The number of nitrogens with one attached hydrogen (secondary N) is 1. The summed E-state index contributed by atoms with van der Waals surface area (Å²) >= 11 is 2.93. The third-order valence-corrected chi connectivity index (χ3v) is 3.82. The van der Waals surface area contributed by atoms with Crippen molar-refractivity contribution in [2.75, 3.05) is 5.32 Å². The molecule has 1 N–H and O–H groups in total. The molecule has 0 aliphatic heterocycles. The molecule has 7 heteroatoms. The van der Waals surface area contributed by atoms with Crippen LogP contribution in [0.5, 0.6) is 0 Å². The van der Waals surface area contributed by atoms with Gasteiger partial charge in [-0.1, -0.05) is 15.9 Å². The molecule has 0 spiro atoms. The molecule has 2 rings (SSSR count). The van der Waals surface area contributed by atoms with Gasteiger partial charge in [-0.2, -0.15) is 18.3 Å². The largest absolute Gasteiger partial charge is 0.417 e. The van der Waals surface area contributed by atoms with Gasteiger partial charge in [-0.15, -0.1) is 0 Å². The van der Waals surface area contributed by atoms with E-state index >= 15 is 0 Å². The van der Waals surface area contributed by atoms with E-state index in [9.17, 15) is 13.2 Å². The van der Waals surface area contributed by atoms with Gasteiger partial charge in [0.05, 0.1) is 17.8 Å². The highest BCUT2D eigenvalue weighted by Gasteiger charge is 2.33. The van der Waals surface area contributed by atoms with Gasteiger partial charge in [0.1, 0.15) is 0 Å². The molecule has 2 aromatic rings. The first-order valence-electron chi connectivity index (χ1n) is 6.47. The molecular formula is C14H15BrF3N3. The molecule has 1 unspecified atom stereocenters. The van der Waals surface area contributed by atoms with Crippen molar-refractivity contribution in [3.05, 3.63) is 46.2 Å². The van der Waals surface area contributed by atoms with Crippen molar-refractivity contribution >= 4 is 21.6 Å². The van der Waals surface area contributed by atoms with E-state index in [0.29, 0.717) is 5.69 Å². The Morgan fingerprint density at radius 3 is 2.67 bits per heavy atom. The van der Waals surface area contributed by atoms with E-state index in [1.54, 1.807) is 16.9 Å². The number of halogens is 4. The van der Waals surface area contributed by atoms with Gasteiger partial charge >= 0.3 is 6.18 Å². The molecule has 0 aliphatic carbocycles. The Hall–Kier alpha value is -1.50. The number of nitrogens with zero attached hydrogens (tertiary/aromatic N) is 2. The number of aromatic nitrogens is 2. The lowest BCUT2D eigenvalue weighted by Gasteiger charge is -2.16. The fourth-order valence-corrected chi connectivity index (χ4v) is 2.41. The van der Waals surface area contributed by atoms with Crippen LogP contribution in [0.15, 0.2) is 35.1 Å². The third-order valence-electron chi connectivity index (χ3n) is 3.13. The van der Waals surface area contributed by atoms with Crippen LogP contribution in [-0.4, -0.2) is 9.78 Å². The van der Waals surface area contributed by atoms with E-state index in [1.807, 2.05) is 20.0 Å². The number of rotatable bonds is 4. The third kappa shape index (κ3) is 3.78. The first kappa shape index (κ1) is 15.9. The van der Waals surface area contributed by atoms with E-state index in [1.165, 1.54) is 6.07 Å². The molecular weight excluding hydrogens is 347 g/mol. The molecule has 0 amide bonds. The number of hydrogen-bond donors (Lipinski definition) is 1. The van der Waals surface area contributed by atoms with Crippen molar-refractivity contribution in [3.8, 4) is 0 Å². The lowest BCUT2D eigenvalue weighted by atomic mass is 10.1. The molecule has 1 aromatic heterocycles. The molecule has 21 heavy (non-hydrogen) atoms. The van der Waals surface area contributed by atoms with Gasteiger partial charge in [0.25, 0.3) is 0 Å². The van der Waals surface area contributed by atoms with Crippen LogP contribution in [0.3, 0.4) is 0 Å². The zero-order valence-corrected chi connectivity index (χ0v) is 13.2. The molecule has 0 saturated heterocycles. The Labute approximate surface area is 129 Å². The van der Waals surface area contributed by atoms with Crippen molar-refractivity contribution < 1.29 is 13.2 Å². The Morgan fingerprint density at radius 1 is 1.38 bits per heavy atom. The van der Waals surface area contributed by atoms with Crippen molar-refractivity contribution in [3.63, 3.8) is 0 Å². The molecule has 0 saturated carbocycles. The summed E-state index contributed by atoms with van der Waals surface area (Å²) in [7, 11) is 0. The van der Waals surface area contributed by atoms with E-state index < -0.39 is 11.7 Å². The lowest BCUT2D eigenvalue weighted by Crippen LogP contribution is -2.09. The van der Waals surface area contributed by atoms with Crippen molar-refractivity contribution in [2.45, 2.75) is 32.6 Å². The minimum atomic E-state index is -4.38.